The number of hydrogen-bond acceptors (Lipinski definition) is 5. The van der Waals surface area contributed by atoms with Crippen molar-refractivity contribution in [1.82, 2.24) is 19.7 Å². The molecule has 140 valence electrons. The Morgan fingerprint density at radius 2 is 1.93 bits per heavy atom. The van der Waals surface area contributed by atoms with E-state index in [1.54, 1.807) is 0 Å². The molecule has 2 heterocycles. The molecule has 0 unspecified atom stereocenters. The molecular weight excluding hydrogens is 420 g/mol. The van der Waals surface area contributed by atoms with Crippen molar-refractivity contribution in [1.29, 1.82) is 0 Å². The van der Waals surface area contributed by atoms with Gasteiger partial charge in [-0.1, -0.05) is 45.4 Å². The van der Waals surface area contributed by atoms with Gasteiger partial charge < -0.3 is 4.52 Å². The van der Waals surface area contributed by atoms with E-state index >= 15 is 0 Å². The highest BCUT2D eigenvalue weighted by Crippen LogP contribution is 2.35. The van der Waals surface area contributed by atoms with Crippen molar-refractivity contribution < 1.29 is 4.52 Å². The predicted octanol–water partition coefficient (Wildman–Crippen LogP) is 4.33. The fourth-order valence-corrected chi connectivity index (χ4v) is 3.80. The SMILES string of the molecule is O=c1c2ccccc2nc(CCc2nc(-c3cccc(Br)c3)no2)n1C1CC1. The molecule has 1 fully saturated rings. The number of benzene rings is 2. The van der Waals surface area contributed by atoms with E-state index in [2.05, 4.69) is 26.1 Å². The normalized spacial score (nSPS) is 13.9. The summed E-state index contributed by atoms with van der Waals surface area (Å²) in [6, 6.07) is 15.5. The van der Waals surface area contributed by atoms with Gasteiger partial charge in [-0.3, -0.25) is 9.36 Å². The Morgan fingerprint density at radius 3 is 2.75 bits per heavy atom. The van der Waals surface area contributed by atoms with Crippen LogP contribution in [0.15, 0.2) is 62.3 Å². The first-order valence-electron chi connectivity index (χ1n) is 9.28. The molecule has 2 aromatic carbocycles. The molecule has 1 aliphatic rings. The maximum atomic E-state index is 12.9. The lowest BCUT2D eigenvalue weighted by Gasteiger charge is -2.12. The van der Waals surface area contributed by atoms with Gasteiger partial charge in [0, 0.05) is 28.9 Å². The Labute approximate surface area is 169 Å². The van der Waals surface area contributed by atoms with Gasteiger partial charge in [-0.25, -0.2) is 4.98 Å². The molecule has 0 amide bonds. The van der Waals surface area contributed by atoms with Crippen LogP contribution < -0.4 is 5.56 Å². The zero-order chi connectivity index (χ0) is 19.1. The smallest absolute Gasteiger partial charge is 0.261 e. The van der Waals surface area contributed by atoms with Crippen LogP contribution in [0.5, 0.6) is 0 Å². The molecule has 0 radical (unpaired) electrons. The van der Waals surface area contributed by atoms with Crippen molar-refractivity contribution in [3.8, 4) is 11.4 Å². The lowest BCUT2D eigenvalue weighted by Crippen LogP contribution is -2.25. The van der Waals surface area contributed by atoms with Crippen molar-refractivity contribution in [3.63, 3.8) is 0 Å². The van der Waals surface area contributed by atoms with E-state index in [9.17, 15) is 4.79 Å². The number of para-hydroxylation sites is 1. The first-order chi connectivity index (χ1) is 13.7. The molecule has 4 aromatic rings. The number of rotatable bonds is 5. The summed E-state index contributed by atoms with van der Waals surface area (Å²) in [6.45, 7) is 0. The van der Waals surface area contributed by atoms with Gasteiger partial charge in [0.25, 0.3) is 5.56 Å². The highest BCUT2D eigenvalue weighted by atomic mass is 79.9. The summed E-state index contributed by atoms with van der Waals surface area (Å²) in [4.78, 5) is 22.2. The molecular formula is C21H17BrN4O2. The summed E-state index contributed by atoms with van der Waals surface area (Å²) in [6.07, 6.45) is 3.18. The molecule has 7 heteroatoms. The fourth-order valence-electron chi connectivity index (χ4n) is 3.40. The topological polar surface area (TPSA) is 73.8 Å². The molecule has 0 bridgehead atoms. The monoisotopic (exact) mass is 436 g/mol. The minimum atomic E-state index is 0.0449. The number of halogens is 1. The van der Waals surface area contributed by atoms with Gasteiger partial charge in [-0.05, 0) is 37.1 Å². The Morgan fingerprint density at radius 1 is 1.07 bits per heavy atom. The molecule has 2 aromatic heterocycles. The van der Waals surface area contributed by atoms with Crippen LogP contribution in [-0.4, -0.2) is 19.7 Å². The minimum Gasteiger partial charge on any atom is -0.339 e. The quantitative estimate of drug-likeness (QED) is 0.465. The molecule has 0 saturated heterocycles. The standard InChI is InChI=1S/C21H17BrN4O2/c22-14-5-3-4-13(12-14)20-24-19(28-25-20)11-10-18-23-17-7-2-1-6-16(17)21(27)26(18)15-8-9-15/h1-7,12,15H,8-11H2. The van der Waals surface area contributed by atoms with Crippen molar-refractivity contribution in [3.05, 3.63) is 75.1 Å². The molecule has 28 heavy (non-hydrogen) atoms. The van der Waals surface area contributed by atoms with E-state index in [0.717, 1.165) is 34.2 Å². The lowest BCUT2D eigenvalue weighted by atomic mass is 10.2. The van der Waals surface area contributed by atoms with Crippen molar-refractivity contribution in [2.24, 2.45) is 0 Å². The molecule has 0 N–H and O–H groups in total. The van der Waals surface area contributed by atoms with Crippen LogP contribution in [0.4, 0.5) is 0 Å². The van der Waals surface area contributed by atoms with E-state index in [4.69, 9.17) is 9.51 Å². The van der Waals surface area contributed by atoms with Crippen LogP contribution in [0.25, 0.3) is 22.3 Å². The Bertz CT molecular complexity index is 1230. The second-order valence-electron chi connectivity index (χ2n) is 6.97. The average molecular weight is 437 g/mol. The van der Waals surface area contributed by atoms with Crippen LogP contribution in [0.1, 0.15) is 30.6 Å². The summed E-state index contributed by atoms with van der Waals surface area (Å²) in [7, 11) is 0. The third-order valence-corrected chi connectivity index (χ3v) is 5.40. The maximum absolute atomic E-state index is 12.9. The molecule has 1 aliphatic carbocycles. The number of aromatic nitrogens is 4. The number of nitrogens with zero attached hydrogens (tertiary/aromatic N) is 4. The van der Waals surface area contributed by atoms with E-state index in [0.29, 0.717) is 29.9 Å². The van der Waals surface area contributed by atoms with Gasteiger partial charge in [-0.2, -0.15) is 4.98 Å². The number of aryl methyl sites for hydroxylation is 2. The van der Waals surface area contributed by atoms with E-state index in [1.165, 1.54) is 0 Å². The molecule has 0 spiro atoms. The van der Waals surface area contributed by atoms with Gasteiger partial charge in [0.1, 0.15) is 5.82 Å². The van der Waals surface area contributed by atoms with Crippen LogP contribution in [0, 0.1) is 0 Å². The van der Waals surface area contributed by atoms with E-state index in [1.807, 2.05) is 53.1 Å². The minimum absolute atomic E-state index is 0.0449. The van der Waals surface area contributed by atoms with Crippen LogP contribution in [-0.2, 0) is 12.8 Å². The maximum Gasteiger partial charge on any atom is 0.261 e. The lowest BCUT2D eigenvalue weighted by molar-refractivity contribution is 0.377. The van der Waals surface area contributed by atoms with Gasteiger partial charge in [-0.15, -0.1) is 0 Å². The predicted molar refractivity (Wildman–Crippen MR) is 109 cm³/mol. The zero-order valence-corrected chi connectivity index (χ0v) is 16.6. The Balaban J connectivity index is 1.44. The highest BCUT2D eigenvalue weighted by molar-refractivity contribution is 9.10. The number of fused-ring (bicyclic) bond motifs is 1. The molecule has 5 rings (SSSR count). The van der Waals surface area contributed by atoms with Crippen molar-refractivity contribution in [2.45, 2.75) is 31.7 Å². The van der Waals surface area contributed by atoms with Crippen molar-refractivity contribution in [2.75, 3.05) is 0 Å². The largest absolute Gasteiger partial charge is 0.339 e. The Hall–Kier alpha value is -2.80. The average Bonchev–Trinajstić information content (AvgIpc) is 3.42. The first kappa shape index (κ1) is 17.3. The summed E-state index contributed by atoms with van der Waals surface area (Å²) < 4.78 is 8.24. The highest BCUT2D eigenvalue weighted by Gasteiger charge is 2.28. The molecule has 1 saturated carbocycles. The number of hydrogen-bond donors (Lipinski definition) is 0. The zero-order valence-electron chi connectivity index (χ0n) is 15.0. The first-order valence-corrected chi connectivity index (χ1v) is 10.1. The van der Waals surface area contributed by atoms with Crippen LogP contribution >= 0.6 is 15.9 Å². The van der Waals surface area contributed by atoms with E-state index in [-0.39, 0.29) is 11.6 Å². The van der Waals surface area contributed by atoms with Gasteiger partial charge in [0.2, 0.25) is 11.7 Å². The molecule has 6 nitrogen and oxygen atoms in total. The third-order valence-electron chi connectivity index (χ3n) is 4.91. The molecule has 0 atom stereocenters. The van der Waals surface area contributed by atoms with Gasteiger partial charge >= 0.3 is 0 Å². The summed E-state index contributed by atoms with van der Waals surface area (Å²) >= 11 is 3.45. The van der Waals surface area contributed by atoms with Gasteiger partial charge in [0.05, 0.1) is 10.9 Å². The molecule has 0 aliphatic heterocycles. The third kappa shape index (κ3) is 3.26. The van der Waals surface area contributed by atoms with Gasteiger partial charge in [0.15, 0.2) is 0 Å². The fraction of sp³-hybridized carbons (Fsp3) is 0.238. The van der Waals surface area contributed by atoms with Crippen molar-refractivity contribution >= 4 is 26.8 Å². The summed E-state index contributed by atoms with van der Waals surface area (Å²) in [5.41, 5.74) is 1.67. The second-order valence-corrected chi connectivity index (χ2v) is 7.89. The summed E-state index contributed by atoms with van der Waals surface area (Å²) in [5, 5.41) is 4.76. The van der Waals surface area contributed by atoms with Crippen LogP contribution in [0.2, 0.25) is 0 Å². The van der Waals surface area contributed by atoms with E-state index < -0.39 is 0 Å². The second kappa shape index (κ2) is 6.98. The Kier molecular flexibility index (Phi) is 4.31. The van der Waals surface area contributed by atoms with Crippen LogP contribution in [0.3, 0.4) is 0 Å². The summed E-state index contributed by atoms with van der Waals surface area (Å²) in [5.74, 6) is 1.88.